The monoisotopic (exact) mass is 216 g/mol. The van der Waals surface area contributed by atoms with E-state index in [2.05, 4.69) is 10.2 Å². The first kappa shape index (κ1) is 10.1. The third-order valence-corrected chi connectivity index (χ3v) is 3.86. The van der Waals surface area contributed by atoms with Crippen LogP contribution in [0.4, 0.5) is 0 Å². The lowest BCUT2D eigenvalue weighted by atomic mass is 10.4. The largest absolute Gasteiger partial charge is 0.352 e. The van der Waals surface area contributed by atoms with Gasteiger partial charge in [-0.2, -0.15) is 0 Å². The van der Waals surface area contributed by atoms with Crippen molar-refractivity contribution in [1.29, 1.82) is 0 Å². The number of carbonyl (C=O) groups is 1. The van der Waals surface area contributed by atoms with Crippen molar-refractivity contribution in [3.8, 4) is 0 Å². The first-order valence-corrected chi connectivity index (χ1v) is 6.59. The molecule has 0 unspecified atom stereocenters. The van der Waals surface area contributed by atoms with E-state index in [1.807, 2.05) is 0 Å². The maximum absolute atomic E-state index is 11.4. The molecule has 2 aliphatic rings. The lowest BCUT2D eigenvalue weighted by Crippen LogP contribution is -2.44. The van der Waals surface area contributed by atoms with Gasteiger partial charge in [0.05, 0.1) is 6.54 Å². The summed E-state index contributed by atoms with van der Waals surface area (Å²) in [6.07, 6.45) is 2.27. The highest BCUT2D eigenvalue weighted by molar-refractivity contribution is 7.85. The van der Waals surface area contributed by atoms with Crippen molar-refractivity contribution in [2.24, 2.45) is 0 Å². The molecule has 1 saturated heterocycles. The highest BCUT2D eigenvalue weighted by atomic mass is 32.2. The molecule has 0 atom stereocenters. The fraction of sp³-hybridized carbons (Fsp3) is 0.889. The Bertz CT molecular complexity index is 243. The van der Waals surface area contributed by atoms with E-state index in [1.165, 1.54) is 0 Å². The minimum Gasteiger partial charge on any atom is -0.352 e. The number of hydrogen-bond acceptors (Lipinski definition) is 3. The Morgan fingerprint density at radius 2 is 2.00 bits per heavy atom. The van der Waals surface area contributed by atoms with Gasteiger partial charge in [-0.15, -0.1) is 0 Å². The minimum absolute atomic E-state index is 0.125. The van der Waals surface area contributed by atoms with Crippen LogP contribution in [0.2, 0.25) is 0 Å². The van der Waals surface area contributed by atoms with Gasteiger partial charge in [-0.25, -0.2) is 0 Å². The number of nitrogens with zero attached hydrogens (tertiary/aromatic N) is 1. The molecular weight excluding hydrogens is 200 g/mol. The van der Waals surface area contributed by atoms with Crippen molar-refractivity contribution in [3.05, 3.63) is 0 Å². The molecule has 14 heavy (non-hydrogen) atoms. The summed E-state index contributed by atoms with van der Waals surface area (Å²) >= 11 is 0. The summed E-state index contributed by atoms with van der Waals surface area (Å²) in [5.74, 6) is 1.56. The molecule has 1 aliphatic heterocycles. The van der Waals surface area contributed by atoms with Crippen LogP contribution in [-0.2, 0) is 15.6 Å². The zero-order valence-corrected chi connectivity index (χ0v) is 9.02. The summed E-state index contributed by atoms with van der Waals surface area (Å²) in [7, 11) is -0.647. The van der Waals surface area contributed by atoms with Gasteiger partial charge in [0.2, 0.25) is 5.91 Å². The standard InChI is InChI=1S/C9H16N2O2S/c12-9(10-8-1-2-8)7-11-3-5-14(13)6-4-11/h8H,1-7H2,(H,10,12). The molecule has 0 aromatic heterocycles. The lowest BCUT2D eigenvalue weighted by molar-refractivity contribution is -0.122. The topological polar surface area (TPSA) is 49.4 Å². The molecule has 0 aromatic carbocycles. The molecule has 0 bridgehead atoms. The normalized spacial score (nSPS) is 24.9. The maximum atomic E-state index is 11.4. The Kier molecular flexibility index (Phi) is 3.18. The summed E-state index contributed by atoms with van der Waals surface area (Å²) in [4.78, 5) is 13.5. The molecule has 0 spiro atoms. The molecule has 1 aliphatic carbocycles. The number of carbonyl (C=O) groups excluding carboxylic acids is 1. The first-order chi connectivity index (χ1) is 6.74. The summed E-state index contributed by atoms with van der Waals surface area (Å²) in [6, 6.07) is 0.446. The van der Waals surface area contributed by atoms with Gasteiger partial charge in [0.25, 0.3) is 0 Å². The molecule has 0 radical (unpaired) electrons. The van der Waals surface area contributed by atoms with Crippen molar-refractivity contribution < 1.29 is 9.00 Å². The first-order valence-electron chi connectivity index (χ1n) is 5.11. The molecule has 4 nitrogen and oxygen atoms in total. The van der Waals surface area contributed by atoms with E-state index < -0.39 is 10.8 Å². The number of amides is 1. The van der Waals surface area contributed by atoms with Gasteiger partial charge in [0.1, 0.15) is 0 Å². The van der Waals surface area contributed by atoms with E-state index in [4.69, 9.17) is 0 Å². The van der Waals surface area contributed by atoms with Crippen LogP contribution >= 0.6 is 0 Å². The molecule has 0 aromatic rings. The van der Waals surface area contributed by atoms with Gasteiger partial charge >= 0.3 is 0 Å². The Morgan fingerprint density at radius 3 is 2.57 bits per heavy atom. The van der Waals surface area contributed by atoms with E-state index in [9.17, 15) is 9.00 Å². The predicted octanol–water partition coefficient (Wildman–Crippen LogP) is -0.671. The highest BCUT2D eigenvalue weighted by Crippen LogP contribution is 2.18. The SMILES string of the molecule is O=C(CN1CCS(=O)CC1)NC1CC1. The fourth-order valence-corrected chi connectivity index (χ4v) is 2.67. The van der Waals surface area contributed by atoms with Gasteiger partial charge in [-0.1, -0.05) is 0 Å². The average Bonchev–Trinajstić information content (AvgIpc) is 2.93. The van der Waals surface area contributed by atoms with E-state index in [0.29, 0.717) is 12.6 Å². The number of nitrogens with one attached hydrogen (secondary N) is 1. The molecule has 1 N–H and O–H groups in total. The Balaban J connectivity index is 1.68. The van der Waals surface area contributed by atoms with Crippen molar-refractivity contribution in [1.82, 2.24) is 10.2 Å². The van der Waals surface area contributed by atoms with Crippen LogP contribution in [-0.4, -0.2) is 52.2 Å². The quantitative estimate of drug-likeness (QED) is 0.680. The second-order valence-corrected chi connectivity index (χ2v) is 5.66. The third-order valence-electron chi connectivity index (χ3n) is 2.58. The van der Waals surface area contributed by atoms with Crippen molar-refractivity contribution >= 4 is 16.7 Å². The van der Waals surface area contributed by atoms with Crippen LogP contribution in [0.3, 0.4) is 0 Å². The molecule has 2 rings (SSSR count). The lowest BCUT2D eigenvalue weighted by Gasteiger charge is -2.25. The number of rotatable bonds is 3. The average molecular weight is 216 g/mol. The second-order valence-electron chi connectivity index (χ2n) is 3.97. The smallest absolute Gasteiger partial charge is 0.234 e. The van der Waals surface area contributed by atoms with Gasteiger partial charge in [0.15, 0.2) is 0 Å². The molecule has 80 valence electrons. The second kappa shape index (κ2) is 4.40. The van der Waals surface area contributed by atoms with Crippen LogP contribution in [0.1, 0.15) is 12.8 Å². The van der Waals surface area contributed by atoms with Gasteiger partial charge < -0.3 is 5.32 Å². The van der Waals surface area contributed by atoms with E-state index in [-0.39, 0.29) is 5.91 Å². The molecule has 5 heteroatoms. The van der Waals surface area contributed by atoms with Crippen LogP contribution in [0, 0.1) is 0 Å². The fourth-order valence-electron chi connectivity index (χ4n) is 1.54. The van der Waals surface area contributed by atoms with Crippen LogP contribution in [0.15, 0.2) is 0 Å². The Hall–Kier alpha value is -0.420. The minimum atomic E-state index is -0.647. The Labute approximate surface area is 86.5 Å². The van der Waals surface area contributed by atoms with Crippen LogP contribution < -0.4 is 5.32 Å². The van der Waals surface area contributed by atoms with E-state index in [1.54, 1.807) is 0 Å². The van der Waals surface area contributed by atoms with Crippen molar-refractivity contribution in [2.75, 3.05) is 31.1 Å². The van der Waals surface area contributed by atoms with Crippen LogP contribution in [0.25, 0.3) is 0 Å². The molecule has 2 fully saturated rings. The van der Waals surface area contributed by atoms with E-state index in [0.717, 1.165) is 37.4 Å². The zero-order valence-electron chi connectivity index (χ0n) is 8.20. The zero-order chi connectivity index (χ0) is 9.97. The number of hydrogen-bond donors (Lipinski definition) is 1. The third kappa shape index (κ3) is 3.06. The maximum Gasteiger partial charge on any atom is 0.234 e. The van der Waals surface area contributed by atoms with E-state index >= 15 is 0 Å². The molecule has 1 heterocycles. The summed E-state index contributed by atoms with van der Waals surface area (Å²) in [5.41, 5.74) is 0. The highest BCUT2D eigenvalue weighted by Gasteiger charge is 2.24. The molecule has 1 saturated carbocycles. The van der Waals surface area contributed by atoms with Gasteiger partial charge in [0, 0.05) is 41.4 Å². The molecular formula is C9H16N2O2S. The van der Waals surface area contributed by atoms with Gasteiger partial charge in [-0.3, -0.25) is 13.9 Å². The summed E-state index contributed by atoms with van der Waals surface area (Å²) < 4.78 is 11.1. The van der Waals surface area contributed by atoms with Crippen molar-refractivity contribution in [3.63, 3.8) is 0 Å². The van der Waals surface area contributed by atoms with Crippen LogP contribution in [0.5, 0.6) is 0 Å². The van der Waals surface area contributed by atoms with Gasteiger partial charge in [-0.05, 0) is 12.8 Å². The summed E-state index contributed by atoms with van der Waals surface area (Å²) in [5, 5.41) is 2.96. The summed E-state index contributed by atoms with van der Waals surface area (Å²) in [6.45, 7) is 2.07. The molecule has 1 amide bonds. The van der Waals surface area contributed by atoms with Crippen molar-refractivity contribution in [2.45, 2.75) is 18.9 Å². The Morgan fingerprint density at radius 1 is 1.36 bits per heavy atom. The predicted molar refractivity (Wildman–Crippen MR) is 55.5 cm³/mol.